The molecule has 0 saturated carbocycles. The number of hydrogen-bond acceptors (Lipinski definition) is 5. The molecule has 5 nitrogen and oxygen atoms in total. The van der Waals surface area contributed by atoms with Gasteiger partial charge >= 0.3 is 6.61 Å². The third kappa shape index (κ3) is 4.28. The Bertz CT molecular complexity index is 892. The van der Waals surface area contributed by atoms with Crippen molar-refractivity contribution in [1.82, 2.24) is 0 Å². The van der Waals surface area contributed by atoms with Crippen molar-refractivity contribution in [3.8, 4) is 5.75 Å². The standard InChI is InChI=1S/C20H21BrF2N2O3/c1-3-26-10-13-7-15(9-16(21)8-13)20(11-27-19(24)25-20)14-4-5-17(12(2)6-14)28-18(22)23/h4-9,18H,3,10-11H2,1-2H3,(H2,24,25). The number of hydrogen-bond donors (Lipinski definition) is 1. The number of halogens is 3. The van der Waals surface area contributed by atoms with Gasteiger partial charge < -0.3 is 19.9 Å². The summed E-state index contributed by atoms with van der Waals surface area (Å²) in [5, 5.41) is 0. The van der Waals surface area contributed by atoms with Crippen LogP contribution in [0.5, 0.6) is 5.75 Å². The lowest BCUT2D eigenvalue weighted by atomic mass is 9.83. The summed E-state index contributed by atoms with van der Waals surface area (Å²) in [7, 11) is 0. The number of ether oxygens (including phenoxy) is 3. The van der Waals surface area contributed by atoms with Gasteiger partial charge in [-0.25, -0.2) is 4.99 Å². The van der Waals surface area contributed by atoms with Crippen LogP contribution in [0, 0.1) is 6.92 Å². The van der Waals surface area contributed by atoms with Crippen molar-refractivity contribution in [2.24, 2.45) is 10.7 Å². The topological polar surface area (TPSA) is 66.1 Å². The zero-order valence-corrected chi connectivity index (χ0v) is 17.1. The number of aryl methyl sites for hydroxylation is 1. The molecule has 1 aliphatic heterocycles. The van der Waals surface area contributed by atoms with Crippen LogP contribution in [0.2, 0.25) is 0 Å². The number of aliphatic imine (C=N–C) groups is 1. The summed E-state index contributed by atoms with van der Waals surface area (Å²) >= 11 is 3.54. The minimum atomic E-state index is -2.88. The molecule has 1 unspecified atom stereocenters. The molecule has 1 aliphatic rings. The molecule has 28 heavy (non-hydrogen) atoms. The molecule has 0 saturated heterocycles. The lowest BCUT2D eigenvalue weighted by Crippen LogP contribution is -2.27. The summed E-state index contributed by atoms with van der Waals surface area (Å²) < 4.78 is 41.6. The Morgan fingerprint density at radius 1 is 1.25 bits per heavy atom. The minimum absolute atomic E-state index is 0.0805. The highest BCUT2D eigenvalue weighted by Crippen LogP contribution is 2.40. The molecule has 3 rings (SSSR count). The molecule has 2 aromatic carbocycles. The molecule has 150 valence electrons. The van der Waals surface area contributed by atoms with Crippen LogP contribution in [0.15, 0.2) is 45.9 Å². The first-order valence-corrected chi connectivity index (χ1v) is 9.55. The second-order valence-electron chi connectivity index (χ2n) is 6.44. The van der Waals surface area contributed by atoms with Crippen molar-refractivity contribution in [3.05, 3.63) is 63.1 Å². The molecule has 8 heteroatoms. The molecule has 0 aliphatic carbocycles. The van der Waals surface area contributed by atoms with Crippen molar-refractivity contribution in [1.29, 1.82) is 0 Å². The fourth-order valence-electron chi connectivity index (χ4n) is 3.22. The maximum atomic E-state index is 12.6. The highest BCUT2D eigenvalue weighted by atomic mass is 79.9. The van der Waals surface area contributed by atoms with Crippen LogP contribution < -0.4 is 10.5 Å². The summed E-state index contributed by atoms with van der Waals surface area (Å²) in [5.74, 6) is 0.121. The first kappa shape index (κ1) is 20.5. The molecule has 1 heterocycles. The Balaban J connectivity index is 2.08. The smallest absolute Gasteiger partial charge is 0.387 e. The van der Waals surface area contributed by atoms with Crippen LogP contribution >= 0.6 is 15.9 Å². The highest BCUT2D eigenvalue weighted by molar-refractivity contribution is 9.10. The van der Waals surface area contributed by atoms with Crippen LogP contribution in [0.1, 0.15) is 29.2 Å². The molecule has 2 N–H and O–H groups in total. The molecule has 0 radical (unpaired) electrons. The summed E-state index contributed by atoms with van der Waals surface area (Å²) in [6.45, 7) is 2.03. The number of rotatable bonds is 7. The molecular formula is C20H21BrF2N2O3. The van der Waals surface area contributed by atoms with Gasteiger partial charge in [0.1, 0.15) is 12.4 Å². The lowest BCUT2D eigenvalue weighted by Gasteiger charge is -2.27. The fraction of sp³-hybridized carbons (Fsp3) is 0.350. The second-order valence-corrected chi connectivity index (χ2v) is 7.36. The van der Waals surface area contributed by atoms with Gasteiger partial charge in [-0.05, 0) is 60.4 Å². The maximum Gasteiger partial charge on any atom is 0.387 e. The van der Waals surface area contributed by atoms with Crippen molar-refractivity contribution < 1.29 is 23.0 Å². The Hall–Kier alpha value is -2.19. The van der Waals surface area contributed by atoms with E-state index < -0.39 is 12.2 Å². The average Bonchev–Trinajstić information content (AvgIpc) is 3.04. The van der Waals surface area contributed by atoms with Crippen molar-refractivity contribution in [2.75, 3.05) is 13.2 Å². The lowest BCUT2D eigenvalue weighted by molar-refractivity contribution is -0.0503. The van der Waals surface area contributed by atoms with Crippen LogP contribution in [-0.4, -0.2) is 25.8 Å². The van der Waals surface area contributed by atoms with E-state index in [4.69, 9.17) is 15.2 Å². The van der Waals surface area contributed by atoms with Crippen molar-refractivity contribution >= 4 is 22.0 Å². The van der Waals surface area contributed by atoms with Crippen LogP contribution in [-0.2, 0) is 21.6 Å². The molecule has 0 fully saturated rings. The third-order valence-corrected chi connectivity index (χ3v) is 4.96. The predicted molar refractivity (Wildman–Crippen MR) is 106 cm³/mol. The largest absolute Gasteiger partial charge is 0.462 e. The van der Waals surface area contributed by atoms with E-state index in [0.717, 1.165) is 21.2 Å². The Morgan fingerprint density at radius 2 is 2.04 bits per heavy atom. The zero-order chi connectivity index (χ0) is 20.3. The maximum absolute atomic E-state index is 12.6. The van der Waals surface area contributed by atoms with E-state index in [-0.39, 0.29) is 18.4 Å². The summed E-state index contributed by atoms with van der Waals surface area (Å²) in [6.07, 6.45) is 0. The summed E-state index contributed by atoms with van der Waals surface area (Å²) in [5.41, 5.74) is 8.13. The van der Waals surface area contributed by atoms with E-state index in [1.165, 1.54) is 6.07 Å². The monoisotopic (exact) mass is 454 g/mol. The van der Waals surface area contributed by atoms with Crippen molar-refractivity contribution in [2.45, 2.75) is 32.6 Å². The molecule has 0 bridgehead atoms. The van der Waals surface area contributed by atoms with E-state index in [0.29, 0.717) is 18.8 Å². The second kappa shape index (κ2) is 8.45. The van der Waals surface area contributed by atoms with Gasteiger partial charge in [0.15, 0.2) is 5.54 Å². The van der Waals surface area contributed by atoms with E-state index >= 15 is 0 Å². The summed E-state index contributed by atoms with van der Waals surface area (Å²) in [4.78, 5) is 4.58. The Morgan fingerprint density at radius 3 is 2.64 bits per heavy atom. The van der Waals surface area contributed by atoms with Crippen LogP contribution in [0.3, 0.4) is 0 Å². The predicted octanol–water partition coefficient (Wildman–Crippen LogP) is 4.48. The van der Waals surface area contributed by atoms with Crippen LogP contribution in [0.25, 0.3) is 0 Å². The molecule has 0 amide bonds. The van der Waals surface area contributed by atoms with E-state index in [1.54, 1.807) is 19.1 Å². The molecule has 1 atom stereocenters. The first-order chi connectivity index (χ1) is 13.3. The number of nitrogens with two attached hydrogens (primary N) is 1. The minimum Gasteiger partial charge on any atom is -0.462 e. The van der Waals surface area contributed by atoms with E-state index in [9.17, 15) is 8.78 Å². The Kier molecular flexibility index (Phi) is 6.20. The van der Waals surface area contributed by atoms with Gasteiger partial charge in [-0.3, -0.25) is 0 Å². The van der Waals surface area contributed by atoms with Gasteiger partial charge in [0, 0.05) is 11.1 Å². The Labute approximate surface area is 170 Å². The molecule has 0 aromatic heterocycles. The quantitative estimate of drug-likeness (QED) is 0.669. The zero-order valence-electron chi connectivity index (χ0n) is 15.5. The van der Waals surface area contributed by atoms with Crippen LogP contribution in [0.4, 0.5) is 8.78 Å². The van der Waals surface area contributed by atoms with E-state index in [1.807, 2.05) is 25.1 Å². The molecule has 2 aromatic rings. The van der Waals surface area contributed by atoms with E-state index in [2.05, 4.69) is 25.7 Å². The fourth-order valence-corrected chi connectivity index (χ4v) is 3.76. The molecular weight excluding hydrogens is 434 g/mol. The number of amidine groups is 1. The van der Waals surface area contributed by atoms with Gasteiger partial charge in [0.25, 0.3) is 6.02 Å². The first-order valence-electron chi connectivity index (χ1n) is 8.76. The number of nitrogens with zero attached hydrogens (tertiary/aromatic N) is 1. The number of benzene rings is 2. The normalized spacial score (nSPS) is 18.9. The van der Waals surface area contributed by atoms with Crippen molar-refractivity contribution in [3.63, 3.8) is 0 Å². The van der Waals surface area contributed by atoms with Gasteiger partial charge in [-0.15, -0.1) is 0 Å². The number of alkyl halides is 2. The molecule has 0 spiro atoms. The average molecular weight is 455 g/mol. The highest BCUT2D eigenvalue weighted by Gasteiger charge is 2.40. The SMILES string of the molecule is CCOCc1cc(Br)cc(C2(c3ccc(OC(F)F)c(C)c3)COC(N)=N2)c1. The third-order valence-electron chi connectivity index (χ3n) is 4.51. The van der Waals surface area contributed by atoms with Gasteiger partial charge in [-0.2, -0.15) is 8.78 Å². The summed E-state index contributed by atoms with van der Waals surface area (Å²) in [6, 6.07) is 11.0. The van der Waals surface area contributed by atoms with Gasteiger partial charge in [0.2, 0.25) is 0 Å². The van der Waals surface area contributed by atoms with Gasteiger partial charge in [0.05, 0.1) is 6.61 Å². The van der Waals surface area contributed by atoms with Gasteiger partial charge in [-0.1, -0.05) is 28.1 Å².